The van der Waals surface area contributed by atoms with Gasteiger partial charge in [0, 0.05) is 11.1 Å². The van der Waals surface area contributed by atoms with Crippen molar-refractivity contribution < 1.29 is 4.39 Å². The van der Waals surface area contributed by atoms with Gasteiger partial charge in [-0.1, -0.05) is 6.07 Å². The van der Waals surface area contributed by atoms with Gasteiger partial charge in [-0.2, -0.15) is 5.26 Å². The minimum absolute atomic E-state index is 0.332. The maximum absolute atomic E-state index is 13.0. The molecule has 0 aliphatic carbocycles. The van der Waals surface area contributed by atoms with Crippen LogP contribution in [0.25, 0.3) is 0 Å². The Balaban J connectivity index is 2.19. The zero-order valence-electron chi connectivity index (χ0n) is 9.14. The molecule has 0 aliphatic rings. The molecule has 0 amide bonds. The number of anilines is 1. The summed E-state index contributed by atoms with van der Waals surface area (Å²) in [5, 5.41) is 14.8. The zero-order chi connectivity index (χ0) is 12.3. The van der Waals surface area contributed by atoms with Gasteiger partial charge in [-0.3, -0.25) is 0 Å². The maximum Gasteiger partial charge on any atom is 0.158 e. The summed E-state index contributed by atoms with van der Waals surface area (Å²) in [4.78, 5) is 4.24. The number of halogens is 1. The van der Waals surface area contributed by atoms with E-state index in [1.165, 1.54) is 23.5 Å². The first-order chi connectivity index (χ1) is 8.19. The first-order valence-electron chi connectivity index (χ1n) is 5.03. The molecule has 1 N–H and O–H groups in total. The predicted molar refractivity (Wildman–Crippen MR) is 65.2 cm³/mol. The van der Waals surface area contributed by atoms with E-state index < -0.39 is 6.04 Å². The number of hydrogen-bond donors (Lipinski definition) is 1. The van der Waals surface area contributed by atoms with E-state index in [0.29, 0.717) is 11.4 Å². The number of hydrogen-bond acceptors (Lipinski definition) is 4. The van der Waals surface area contributed by atoms with Crippen molar-refractivity contribution >= 4 is 17.0 Å². The van der Waals surface area contributed by atoms with Gasteiger partial charge in [-0.05, 0) is 25.1 Å². The van der Waals surface area contributed by atoms with Gasteiger partial charge in [-0.25, -0.2) is 9.37 Å². The van der Waals surface area contributed by atoms with Gasteiger partial charge in [0.25, 0.3) is 0 Å². The van der Waals surface area contributed by atoms with E-state index in [0.717, 1.165) is 5.01 Å². The molecule has 2 rings (SSSR count). The first-order valence-corrected chi connectivity index (χ1v) is 5.91. The molecule has 0 spiro atoms. The Morgan fingerprint density at radius 1 is 1.53 bits per heavy atom. The van der Waals surface area contributed by atoms with Crippen molar-refractivity contribution in [1.29, 1.82) is 5.26 Å². The van der Waals surface area contributed by atoms with Crippen LogP contribution in [0.4, 0.5) is 10.1 Å². The second kappa shape index (κ2) is 4.93. The fourth-order valence-corrected chi connectivity index (χ4v) is 2.07. The molecule has 0 saturated carbocycles. The Hall–Kier alpha value is -1.93. The van der Waals surface area contributed by atoms with Crippen LogP contribution < -0.4 is 5.32 Å². The Bertz CT molecular complexity index is 559. The SMILES string of the molecule is Cc1nc(C(C#N)Nc2cccc(F)c2)cs1. The van der Waals surface area contributed by atoms with Gasteiger partial charge in [0.2, 0.25) is 0 Å². The third kappa shape index (κ3) is 2.80. The highest BCUT2D eigenvalue weighted by Gasteiger charge is 2.13. The molecule has 1 atom stereocenters. The summed E-state index contributed by atoms with van der Waals surface area (Å²) >= 11 is 1.49. The van der Waals surface area contributed by atoms with E-state index in [-0.39, 0.29) is 5.82 Å². The number of aromatic nitrogens is 1. The maximum atomic E-state index is 13.0. The molecule has 1 heterocycles. The average Bonchev–Trinajstić information content (AvgIpc) is 2.73. The van der Waals surface area contributed by atoms with E-state index in [4.69, 9.17) is 5.26 Å². The van der Waals surface area contributed by atoms with Crippen LogP contribution in [-0.2, 0) is 0 Å². The molecule has 1 aromatic carbocycles. The molecule has 0 radical (unpaired) electrons. The molecule has 17 heavy (non-hydrogen) atoms. The smallest absolute Gasteiger partial charge is 0.158 e. The summed E-state index contributed by atoms with van der Waals surface area (Å²) in [6, 6.07) is 7.58. The number of thiazole rings is 1. The second-order valence-corrected chi connectivity index (χ2v) is 4.57. The van der Waals surface area contributed by atoms with E-state index >= 15 is 0 Å². The van der Waals surface area contributed by atoms with Crippen LogP contribution in [0.3, 0.4) is 0 Å². The van der Waals surface area contributed by atoms with Gasteiger partial charge in [0.15, 0.2) is 6.04 Å². The number of nitriles is 1. The van der Waals surface area contributed by atoms with Gasteiger partial charge in [-0.15, -0.1) is 11.3 Å². The van der Waals surface area contributed by atoms with Gasteiger partial charge in [0.1, 0.15) is 5.82 Å². The summed E-state index contributed by atoms with van der Waals surface area (Å²) in [5.41, 5.74) is 1.24. The van der Waals surface area contributed by atoms with Crippen LogP contribution in [-0.4, -0.2) is 4.98 Å². The van der Waals surface area contributed by atoms with E-state index in [1.807, 2.05) is 12.3 Å². The lowest BCUT2D eigenvalue weighted by molar-refractivity contribution is 0.628. The second-order valence-electron chi connectivity index (χ2n) is 3.51. The molecule has 1 aromatic heterocycles. The summed E-state index contributed by atoms with van der Waals surface area (Å²) in [7, 11) is 0. The molecule has 0 saturated heterocycles. The Kier molecular flexibility index (Phi) is 3.35. The molecule has 2 aromatic rings. The summed E-state index contributed by atoms with van der Waals surface area (Å²) in [5.74, 6) is -0.332. The monoisotopic (exact) mass is 247 g/mol. The lowest BCUT2D eigenvalue weighted by Crippen LogP contribution is -2.09. The third-order valence-corrected chi connectivity index (χ3v) is 2.99. The van der Waals surface area contributed by atoms with Crippen molar-refractivity contribution in [2.75, 3.05) is 5.32 Å². The average molecular weight is 247 g/mol. The van der Waals surface area contributed by atoms with Crippen LogP contribution >= 0.6 is 11.3 Å². The van der Waals surface area contributed by atoms with Crippen molar-refractivity contribution in [3.8, 4) is 6.07 Å². The normalized spacial score (nSPS) is 11.8. The highest BCUT2D eigenvalue weighted by molar-refractivity contribution is 7.09. The van der Waals surface area contributed by atoms with Crippen LogP contribution in [0.5, 0.6) is 0 Å². The van der Waals surface area contributed by atoms with Crippen LogP contribution in [0.2, 0.25) is 0 Å². The number of rotatable bonds is 3. The molecule has 0 aliphatic heterocycles. The van der Waals surface area contributed by atoms with Crippen LogP contribution in [0, 0.1) is 24.1 Å². The Morgan fingerprint density at radius 3 is 2.94 bits per heavy atom. The lowest BCUT2D eigenvalue weighted by Gasteiger charge is -2.10. The van der Waals surface area contributed by atoms with Crippen molar-refractivity contribution in [2.24, 2.45) is 0 Å². The highest BCUT2D eigenvalue weighted by Crippen LogP contribution is 2.21. The largest absolute Gasteiger partial charge is 0.365 e. The topological polar surface area (TPSA) is 48.7 Å². The van der Waals surface area contributed by atoms with Crippen LogP contribution in [0.15, 0.2) is 29.6 Å². The molecule has 0 bridgehead atoms. The third-order valence-electron chi connectivity index (χ3n) is 2.20. The summed E-state index contributed by atoms with van der Waals surface area (Å²) in [6.45, 7) is 1.88. The number of aryl methyl sites for hydroxylation is 1. The van der Waals surface area contributed by atoms with Crippen molar-refractivity contribution in [2.45, 2.75) is 13.0 Å². The van der Waals surface area contributed by atoms with Crippen molar-refractivity contribution in [3.63, 3.8) is 0 Å². The number of nitrogens with one attached hydrogen (secondary N) is 1. The highest BCUT2D eigenvalue weighted by atomic mass is 32.1. The minimum atomic E-state index is -0.554. The van der Waals surface area contributed by atoms with Gasteiger partial charge < -0.3 is 5.32 Å². The van der Waals surface area contributed by atoms with Crippen molar-refractivity contribution in [1.82, 2.24) is 4.98 Å². The zero-order valence-corrected chi connectivity index (χ0v) is 9.96. The Labute approximate surface area is 103 Å². The molecule has 86 valence electrons. The molecular weight excluding hydrogens is 237 g/mol. The Morgan fingerprint density at radius 2 is 2.35 bits per heavy atom. The predicted octanol–water partition coefficient (Wildman–Crippen LogP) is 3.27. The molecule has 5 heteroatoms. The molecule has 0 fully saturated rings. The van der Waals surface area contributed by atoms with E-state index in [9.17, 15) is 4.39 Å². The van der Waals surface area contributed by atoms with Gasteiger partial charge >= 0.3 is 0 Å². The molecule has 3 nitrogen and oxygen atoms in total. The number of nitrogens with zero attached hydrogens (tertiary/aromatic N) is 2. The van der Waals surface area contributed by atoms with E-state index in [1.54, 1.807) is 12.1 Å². The quantitative estimate of drug-likeness (QED) is 0.905. The van der Waals surface area contributed by atoms with E-state index in [2.05, 4.69) is 16.4 Å². The fraction of sp³-hybridized carbons (Fsp3) is 0.167. The molecular formula is C12H10FN3S. The number of benzene rings is 1. The van der Waals surface area contributed by atoms with Crippen LogP contribution in [0.1, 0.15) is 16.7 Å². The standard InChI is InChI=1S/C12H10FN3S/c1-8-15-12(7-17-8)11(6-14)16-10-4-2-3-9(13)5-10/h2-5,7,11,16H,1H3. The summed E-state index contributed by atoms with van der Waals surface area (Å²) < 4.78 is 13.0. The minimum Gasteiger partial charge on any atom is -0.365 e. The van der Waals surface area contributed by atoms with Gasteiger partial charge in [0.05, 0.1) is 16.8 Å². The lowest BCUT2D eigenvalue weighted by atomic mass is 10.2. The molecule has 1 unspecified atom stereocenters. The van der Waals surface area contributed by atoms with Crippen molar-refractivity contribution in [3.05, 3.63) is 46.2 Å². The summed E-state index contributed by atoms with van der Waals surface area (Å²) in [6.07, 6.45) is 0. The first kappa shape index (κ1) is 11.6. The fourth-order valence-electron chi connectivity index (χ4n) is 1.43.